The lowest BCUT2D eigenvalue weighted by atomic mass is 10.2. The maximum absolute atomic E-state index is 11.7. The lowest BCUT2D eigenvalue weighted by Crippen LogP contribution is -2.31. The van der Waals surface area contributed by atoms with Gasteiger partial charge in [-0.25, -0.2) is 0 Å². The van der Waals surface area contributed by atoms with Gasteiger partial charge in [-0.2, -0.15) is 0 Å². The molecule has 1 aromatic carbocycles. The van der Waals surface area contributed by atoms with Gasteiger partial charge in [0.1, 0.15) is 0 Å². The van der Waals surface area contributed by atoms with E-state index in [1.54, 1.807) is 24.3 Å². The van der Waals surface area contributed by atoms with E-state index in [0.29, 0.717) is 25.1 Å². The van der Waals surface area contributed by atoms with Crippen LogP contribution in [0.1, 0.15) is 23.2 Å². The minimum Gasteiger partial charge on any atom is -0.396 e. The van der Waals surface area contributed by atoms with Gasteiger partial charge in [0.05, 0.1) is 0 Å². The number of benzene rings is 1. The SMILES string of the molecule is O=C(CCNC(=O)c1ccc(Br)cc1)NCCCO. The number of halogens is 1. The third kappa shape index (κ3) is 6.35. The molecule has 0 aliphatic rings. The number of hydrogen-bond acceptors (Lipinski definition) is 3. The van der Waals surface area contributed by atoms with E-state index in [-0.39, 0.29) is 24.8 Å². The van der Waals surface area contributed by atoms with Gasteiger partial charge < -0.3 is 15.7 Å². The quantitative estimate of drug-likeness (QED) is 0.655. The van der Waals surface area contributed by atoms with Crippen molar-refractivity contribution >= 4 is 27.7 Å². The molecule has 0 atom stereocenters. The Morgan fingerprint density at radius 2 is 1.79 bits per heavy atom. The van der Waals surface area contributed by atoms with Crippen LogP contribution in [-0.2, 0) is 4.79 Å². The van der Waals surface area contributed by atoms with Gasteiger partial charge in [-0.15, -0.1) is 0 Å². The maximum atomic E-state index is 11.7. The summed E-state index contributed by atoms with van der Waals surface area (Å²) in [7, 11) is 0. The van der Waals surface area contributed by atoms with Crippen molar-refractivity contribution in [2.45, 2.75) is 12.8 Å². The van der Waals surface area contributed by atoms with Crippen LogP contribution in [0.2, 0.25) is 0 Å². The van der Waals surface area contributed by atoms with Crippen LogP contribution in [0.3, 0.4) is 0 Å². The van der Waals surface area contributed by atoms with Gasteiger partial charge in [-0.05, 0) is 30.7 Å². The average molecular weight is 329 g/mol. The van der Waals surface area contributed by atoms with Gasteiger partial charge in [0.25, 0.3) is 5.91 Å². The summed E-state index contributed by atoms with van der Waals surface area (Å²) in [5, 5.41) is 13.9. The van der Waals surface area contributed by atoms with E-state index in [1.807, 2.05) is 0 Å². The molecule has 0 spiro atoms. The largest absolute Gasteiger partial charge is 0.396 e. The van der Waals surface area contributed by atoms with Crippen LogP contribution in [0.4, 0.5) is 0 Å². The normalized spacial score (nSPS) is 10.0. The Bertz CT molecular complexity index is 420. The molecule has 5 nitrogen and oxygen atoms in total. The highest BCUT2D eigenvalue weighted by Gasteiger charge is 2.06. The molecule has 19 heavy (non-hydrogen) atoms. The van der Waals surface area contributed by atoms with Crippen LogP contribution in [0.5, 0.6) is 0 Å². The first-order valence-electron chi connectivity index (χ1n) is 6.05. The zero-order valence-corrected chi connectivity index (χ0v) is 12.1. The van der Waals surface area contributed by atoms with E-state index < -0.39 is 0 Å². The molecule has 6 heteroatoms. The third-order valence-corrected chi connectivity index (χ3v) is 2.93. The highest BCUT2D eigenvalue weighted by atomic mass is 79.9. The topological polar surface area (TPSA) is 78.4 Å². The molecule has 0 fully saturated rings. The summed E-state index contributed by atoms with van der Waals surface area (Å²) in [6, 6.07) is 6.99. The minimum atomic E-state index is -0.198. The zero-order valence-electron chi connectivity index (χ0n) is 10.5. The van der Waals surface area contributed by atoms with E-state index in [1.165, 1.54) is 0 Å². The summed E-state index contributed by atoms with van der Waals surface area (Å²) < 4.78 is 0.910. The number of aliphatic hydroxyl groups excluding tert-OH is 1. The number of carbonyl (C=O) groups is 2. The van der Waals surface area contributed by atoms with E-state index in [2.05, 4.69) is 26.6 Å². The molecule has 0 bridgehead atoms. The molecule has 0 saturated heterocycles. The predicted octanol–water partition coefficient (Wildman–Crippen LogP) is 1.07. The van der Waals surface area contributed by atoms with Crippen molar-refractivity contribution in [2.75, 3.05) is 19.7 Å². The van der Waals surface area contributed by atoms with Gasteiger partial charge in [0.2, 0.25) is 5.91 Å². The number of rotatable bonds is 7. The van der Waals surface area contributed by atoms with Crippen molar-refractivity contribution in [1.82, 2.24) is 10.6 Å². The Morgan fingerprint density at radius 1 is 1.11 bits per heavy atom. The fraction of sp³-hybridized carbons (Fsp3) is 0.385. The zero-order chi connectivity index (χ0) is 14.1. The summed E-state index contributed by atoms with van der Waals surface area (Å²) in [5.41, 5.74) is 0.559. The maximum Gasteiger partial charge on any atom is 0.251 e. The third-order valence-electron chi connectivity index (χ3n) is 2.40. The Morgan fingerprint density at radius 3 is 2.42 bits per heavy atom. The van der Waals surface area contributed by atoms with Crippen molar-refractivity contribution in [3.63, 3.8) is 0 Å². The van der Waals surface area contributed by atoms with Crippen molar-refractivity contribution in [3.05, 3.63) is 34.3 Å². The lowest BCUT2D eigenvalue weighted by Gasteiger charge is -2.06. The number of hydrogen-bond donors (Lipinski definition) is 3. The van der Waals surface area contributed by atoms with Crippen molar-refractivity contribution in [3.8, 4) is 0 Å². The molecular formula is C13H17BrN2O3. The highest BCUT2D eigenvalue weighted by molar-refractivity contribution is 9.10. The minimum absolute atomic E-state index is 0.0561. The molecule has 0 aromatic heterocycles. The van der Waals surface area contributed by atoms with Crippen LogP contribution >= 0.6 is 15.9 Å². The smallest absolute Gasteiger partial charge is 0.251 e. The molecule has 2 amide bonds. The summed E-state index contributed by atoms with van der Waals surface area (Å²) in [4.78, 5) is 23.0. The fourth-order valence-electron chi connectivity index (χ4n) is 1.39. The van der Waals surface area contributed by atoms with Gasteiger partial charge >= 0.3 is 0 Å². The second-order valence-corrected chi connectivity index (χ2v) is 4.86. The summed E-state index contributed by atoms with van der Waals surface area (Å²) >= 11 is 3.29. The molecule has 0 aliphatic heterocycles. The summed E-state index contributed by atoms with van der Waals surface area (Å²) in [6.07, 6.45) is 0.769. The van der Waals surface area contributed by atoms with Crippen LogP contribution in [0, 0.1) is 0 Å². The molecular weight excluding hydrogens is 312 g/mol. The second kappa shape index (κ2) is 8.66. The highest BCUT2D eigenvalue weighted by Crippen LogP contribution is 2.10. The number of amides is 2. The van der Waals surface area contributed by atoms with E-state index >= 15 is 0 Å². The standard InChI is InChI=1S/C13H17BrN2O3/c14-11-4-2-10(3-5-11)13(19)16-8-6-12(18)15-7-1-9-17/h2-5,17H,1,6-9H2,(H,15,18)(H,16,19). The van der Waals surface area contributed by atoms with Gasteiger partial charge in [-0.1, -0.05) is 15.9 Å². The second-order valence-electron chi connectivity index (χ2n) is 3.94. The Balaban J connectivity index is 2.23. The summed E-state index contributed by atoms with van der Waals surface area (Å²) in [6.45, 7) is 0.802. The average Bonchev–Trinajstić information content (AvgIpc) is 2.39. The Kier molecular flexibility index (Phi) is 7.14. The number of nitrogens with one attached hydrogen (secondary N) is 2. The number of aliphatic hydroxyl groups is 1. The molecule has 0 heterocycles. The van der Waals surface area contributed by atoms with Crippen LogP contribution < -0.4 is 10.6 Å². The fourth-order valence-corrected chi connectivity index (χ4v) is 1.65. The van der Waals surface area contributed by atoms with Crippen LogP contribution in [-0.4, -0.2) is 36.6 Å². The molecule has 0 aliphatic carbocycles. The molecule has 0 radical (unpaired) electrons. The predicted molar refractivity (Wildman–Crippen MR) is 75.8 cm³/mol. The molecule has 1 rings (SSSR count). The van der Waals surface area contributed by atoms with E-state index in [9.17, 15) is 9.59 Å². The molecule has 0 saturated carbocycles. The number of carbonyl (C=O) groups excluding carboxylic acids is 2. The molecule has 1 aromatic rings. The van der Waals surface area contributed by atoms with Crippen LogP contribution in [0.25, 0.3) is 0 Å². The van der Waals surface area contributed by atoms with Crippen LogP contribution in [0.15, 0.2) is 28.7 Å². The van der Waals surface area contributed by atoms with Crippen molar-refractivity contribution < 1.29 is 14.7 Å². The van der Waals surface area contributed by atoms with Gasteiger partial charge in [-0.3, -0.25) is 9.59 Å². The molecule has 0 unspecified atom stereocenters. The monoisotopic (exact) mass is 328 g/mol. The van der Waals surface area contributed by atoms with E-state index in [0.717, 1.165) is 4.47 Å². The summed E-state index contributed by atoms with van der Waals surface area (Å²) in [5.74, 6) is -0.333. The van der Waals surface area contributed by atoms with Gasteiger partial charge in [0.15, 0.2) is 0 Å². The first-order chi connectivity index (χ1) is 9.13. The van der Waals surface area contributed by atoms with E-state index in [4.69, 9.17) is 5.11 Å². The van der Waals surface area contributed by atoms with Crippen molar-refractivity contribution in [2.24, 2.45) is 0 Å². The van der Waals surface area contributed by atoms with Crippen molar-refractivity contribution in [1.29, 1.82) is 0 Å². The van der Waals surface area contributed by atoms with Gasteiger partial charge in [0, 0.05) is 36.2 Å². The molecule has 104 valence electrons. The Labute approximate surface area is 120 Å². The first-order valence-corrected chi connectivity index (χ1v) is 6.84. The Hall–Kier alpha value is -1.40. The molecule has 3 N–H and O–H groups in total. The lowest BCUT2D eigenvalue weighted by molar-refractivity contribution is -0.120. The first kappa shape index (κ1) is 15.7.